The highest BCUT2D eigenvalue weighted by Gasteiger charge is 2.19. The molecule has 2 rings (SSSR count). The van der Waals surface area contributed by atoms with Crippen LogP contribution in [0.5, 0.6) is 0 Å². The zero-order chi connectivity index (χ0) is 16.2. The Morgan fingerprint density at radius 1 is 1.23 bits per heavy atom. The van der Waals surface area contributed by atoms with Gasteiger partial charge in [0.2, 0.25) is 0 Å². The number of amides is 2. The van der Waals surface area contributed by atoms with E-state index < -0.39 is 0 Å². The van der Waals surface area contributed by atoms with Crippen molar-refractivity contribution < 1.29 is 4.79 Å². The van der Waals surface area contributed by atoms with Gasteiger partial charge < -0.3 is 15.5 Å². The Bertz CT molecular complexity index is 570. The van der Waals surface area contributed by atoms with Gasteiger partial charge in [-0.15, -0.1) is 0 Å². The molecular formula is C18H25N3O. The molecule has 1 atom stereocenters. The highest BCUT2D eigenvalue weighted by molar-refractivity contribution is 5.77. The van der Waals surface area contributed by atoms with Crippen LogP contribution in [0, 0.1) is 0 Å². The van der Waals surface area contributed by atoms with E-state index in [0.717, 1.165) is 17.8 Å². The van der Waals surface area contributed by atoms with Crippen molar-refractivity contribution in [3.05, 3.63) is 59.9 Å². The summed E-state index contributed by atoms with van der Waals surface area (Å²) in [6, 6.07) is 9.71. The van der Waals surface area contributed by atoms with Crippen molar-refractivity contribution >= 4 is 6.03 Å². The number of carbonyl (C=O) groups is 1. The molecule has 4 nitrogen and oxygen atoms in total. The minimum Gasteiger partial charge on any atom is -0.369 e. The van der Waals surface area contributed by atoms with E-state index in [1.54, 1.807) is 0 Å². The summed E-state index contributed by atoms with van der Waals surface area (Å²) in [6.45, 7) is 9.26. The Hall–Kier alpha value is -2.23. The molecule has 4 heteroatoms. The molecule has 0 aliphatic carbocycles. The summed E-state index contributed by atoms with van der Waals surface area (Å²) in [5.74, 6) is 0. The van der Waals surface area contributed by atoms with Gasteiger partial charge in [-0.25, -0.2) is 4.79 Å². The number of hydrogen-bond acceptors (Lipinski definition) is 2. The highest BCUT2D eigenvalue weighted by Crippen LogP contribution is 2.17. The third-order valence-corrected chi connectivity index (χ3v) is 3.71. The summed E-state index contributed by atoms with van der Waals surface area (Å²) in [6.07, 6.45) is 5.98. The average Bonchev–Trinajstić information content (AvgIpc) is 2.47. The van der Waals surface area contributed by atoms with Crippen LogP contribution >= 0.6 is 0 Å². The van der Waals surface area contributed by atoms with Crippen LogP contribution in [0.1, 0.15) is 39.3 Å². The molecule has 0 fully saturated rings. The Balaban J connectivity index is 1.86. The van der Waals surface area contributed by atoms with Gasteiger partial charge in [-0.1, -0.05) is 30.3 Å². The Labute approximate surface area is 132 Å². The largest absolute Gasteiger partial charge is 0.369 e. The molecule has 0 bridgehead atoms. The number of benzene rings is 1. The van der Waals surface area contributed by atoms with Crippen LogP contribution in [0.25, 0.3) is 0 Å². The van der Waals surface area contributed by atoms with Gasteiger partial charge in [0.1, 0.15) is 0 Å². The second kappa shape index (κ2) is 6.69. The number of nitrogens with one attached hydrogen (secondary N) is 2. The Kier molecular flexibility index (Phi) is 4.91. The monoisotopic (exact) mass is 299 g/mol. The first-order valence-corrected chi connectivity index (χ1v) is 7.64. The summed E-state index contributed by atoms with van der Waals surface area (Å²) >= 11 is 0. The molecule has 1 aromatic carbocycles. The van der Waals surface area contributed by atoms with Crippen molar-refractivity contribution in [3.8, 4) is 0 Å². The molecule has 1 aliphatic rings. The second-order valence-corrected chi connectivity index (χ2v) is 6.53. The number of urea groups is 1. The van der Waals surface area contributed by atoms with Crippen LogP contribution in [0.2, 0.25) is 0 Å². The average molecular weight is 299 g/mol. The van der Waals surface area contributed by atoms with E-state index in [1.165, 1.54) is 0 Å². The zero-order valence-electron chi connectivity index (χ0n) is 13.8. The number of rotatable bonds is 3. The fourth-order valence-corrected chi connectivity index (χ4v) is 2.27. The Morgan fingerprint density at radius 3 is 2.45 bits per heavy atom. The van der Waals surface area contributed by atoms with E-state index in [4.69, 9.17) is 0 Å². The van der Waals surface area contributed by atoms with Crippen LogP contribution in [0.3, 0.4) is 0 Å². The predicted octanol–water partition coefficient (Wildman–Crippen LogP) is 3.56. The van der Waals surface area contributed by atoms with E-state index in [-0.39, 0.29) is 17.6 Å². The van der Waals surface area contributed by atoms with Crippen molar-refractivity contribution in [3.63, 3.8) is 0 Å². The number of hydrogen-bond donors (Lipinski definition) is 2. The molecule has 1 aliphatic heterocycles. The van der Waals surface area contributed by atoms with E-state index in [0.29, 0.717) is 0 Å². The molecule has 2 amide bonds. The van der Waals surface area contributed by atoms with Gasteiger partial charge in [0.15, 0.2) is 0 Å². The topological polar surface area (TPSA) is 44.4 Å². The molecule has 0 aromatic heterocycles. The first-order valence-electron chi connectivity index (χ1n) is 7.64. The molecular weight excluding hydrogens is 274 g/mol. The molecule has 1 aromatic rings. The third-order valence-electron chi connectivity index (χ3n) is 3.71. The lowest BCUT2D eigenvalue weighted by molar-refractivity contribution is 0.222. The van der Waals surface area contributed by atoms with Crippen LogP contribution in [-0.2, 0) is 0 Å². The summed E-state index contributed by atoms with van der Waals surface area (Å²) in [4.78, 5) is 14.3. The molecule has 118 valence electrons. The summed E-state index contributed by atoms with van der Waals surface area (Å²) in [5, 5.41) is 5.84. The number of nitrogens with zero attached hydrogens (tertiary/aromatic N) is 1. The summed E-state index contributed by atoms with van der Waals surface area (Å²) in [5.41, 5.74) is 2.01. The normalized spacial score (nSPS) is 16.0. The first kappa shape index (κ1) is 16.1. The predicted molar refractivity (Wildman–Crippen MR) is 90.2 cm³/mol. The third kappa shape index (κ3) is 4.38. The van der Waals surface area contributed by atoms with E-state index >= 15 is 0 Å². The fraction of sp³-hybridized carbons (Fsp3) is 0.389. The molecule has 0 radical (unpaired) electrons. The number of allylic oxidation sites excluding steroid dienone is 1. The smallest absolute Gasteiger partial charge is 0.319 e. The molecule has 1 heterocycles. The SMILES string of the molecule is C[C@@H](NC(=O)NC1=CCN(C(C)(C)C)C=C1)c1ccccc1. The standard InChI is InChI=1S/C18H25N3O/c1-14(15-8-6-5-7-9-15)19-17(22)20-16-10-12-21(13-11-16)18(2,3)4/h5-12,14H,13H2,1-4H3,(H2,19,20,22)/t14-/m1/s1. The summed E-state index contributed by atoms with van der Waals surface area (Å²) < 4.78 is 0. The van der Waals surface area contributed by atoms with Gasteiger partial charge in [0, 0.05) is 24.0 Å². The van der Waals surface area contributed by atoms with Gasteiger partial charge in [-0.05, 0) is 45.4 Å². The van der Waals surface area contributed by atoms with Crippen molar-refractivity contribution in [1.29, 1.82) is 0 Å². The van der Waals surface area contributed by atoms with Crippen LogP contribution < -0.4 is 10.6 Å². The lowest BCUT2D eigenvalue weighted by Crippen LogP contribution is -2.41. The van der Waals surface area contributed by atoms with Crippen molar-refractivity contribution in [2.24, 2.45) is 0 Å². The van der Waals surface area contributed by atoms with Crippen molar-refractivity contribution in [2.75, 3.05) is 6.54 Å². The molecule has 0 saturated heterocycles. The highest BCUT2D eigenvalue weighted by atomic mass is 16.2. The van der Waals surface area contributed by atoms with Crippen LogP contribution in [0.4, 0.5) is 4.79 Å². The maximum Gasteiger partial charge on any atom is 0.319 e. The molecule has 0 spiro atoms. The molecule has 22 heavy (non-hydrogen) atoms. The molecule has 2 N–H and O–H groups in total. The lowest BCUT2D eigenvalue weighted by atomic mass is 10.1. The van der Waals surface area contributed by atoms with Crippen LogP contribution in [0.15, 0.2) is 54.4 Å². The zero-order valence-corrected chi connectivity index (χ0v) is 13.8. The minimum absolute atomic E-state index is 0.0274. The van der Waals surface area contributed by atoms with Gasteiger partial charge in [0.05, 0.1) is 6.04 Å². The second-order valence-electron chi connectivity index (χ2n) is 6.53. The summed E-state index contributed by atoms with van der Waals surface area (Å²) in [7, 11) is 0. The van der Waals surface area contributed by atoms with E-state index in [2.05, 4.69) is 36.3 Å². The Morgan fingerprint density at radius 2 is 1.91 bits per heavy atom. The fourth-order valence-electron chi connectivity index (χ4n) is 2.27. The maximum atomic E-state index is 12.1. The maximum absolute atomic E-state index is 12.1. The van der Waals surface area contributed by atoms with Crippen LogP contribution in [-0.4, -0.2) is 23.0 Å². The van der Waals surface area contributed by atoms with Gasteiger partial charge in [-0.3, -0.25) is 0 Å². The molecule has 0 unspecified atom stereocenters. The van der Waals surface area contributed by atoms with E-state index in [9.17, 15) is 4.79 Å². The van der Waals surface area contributed by atoms with Crippen molar-refractivity contribution in [2.45, 2.75) is 39.3 Å². The lowest BCUT2D eigenvalue weighted by Gasteiger charge is -2.35. The quantitative estimate of drug-likeness (QED) is 0.896. The van der Waals surface area contributed by atoms with E-state index in [1.807, 2.05) is 55.6 Å². The number of carbonyl (C=O) groups excluding carboxylic acids is 1. The minimum atomic E-state index is -0.184. The first-order chi connectivity index (χ1) is 10.4. The van der Waals surface area contributed by atoms with Gasteiger partial charge >= 0.3 is 6.03 Å². The van der Waals surface area contributed by atoms with Gasteiger partial charge in [0.25, 0.3) is 0 Å². The molecule has 0 saturated carbocycles. The van der Waals surface area contributed by atoms with Crippen molar-refractivity contribution in [1.82, 2.24) is 15.5 Å². The van der Waals surface area contributed by atoms with Gasteiger partial charge in [-0.2, -0.15) is 0 Å².